The predicted octanol–water partition coefficient (Wildman–Crippen LogP) is 0.298. The smallest absolute Gasteiger partial charge is 0.236 e. The molecule has 16 heavy (non-hydrogen) atoms. The quantitative estimate of drug-likeness (QED) is 0.778. The van der Waals surface area contributed by atoms with Crippen LogP contribution in [-0.2, 0) is 11.3 Å². The van der Waals surface area contributed by atoms with Crippen LogP contribution in [-0.4, -0.2) is 21.3 Å². The van der Waals surface area contributed by atoms with Gasteiger partial charge >= 0.3 is 0 Å². The van der Waals surface area contributed by atoms with Crippen molar-refractivity contribution in [3.8, 4) is 0 Å². The molecular weight excluding hydrogens is 204 g/mol. The SMILES string of the molecule is C[C@H](N)C(=O)NCc1cn2ccccc2n1. The monoisotopic (exact) mass is 218 g/mol. The van der Waals surface area contributed by atoms with Crippen molar-refractivity contribution >= 4 is 11.6 Å². The highest BCUT2D eigenvalue weighted by Crippen LogP contribution is 2.03. The molecule has 0 aliphatic rings. The van der Waals surface area contributed by atoms with Gasteiger partial charge in [0.05, 0.1) is 18.3 Å². The van der Waals surface area contributed by atoms with Crippen LogP contribution in [0.2, 0.25) is 0 Å². The maximum absolute atomic E-state index is 11.3. The molecule has 0 unspecified atom stereocenters. The Labute approximate surface area is 93.3 Å². The maximum Gasteiger partial charge on any atom is 0.236 e. The molecule has 0 saturated heterocycles. The third-order valence-corrected chi connectivity index (χ3v) is 2.27. The van der Waals surface area contributed by atoms with E-state index >= 15 is 0 Å². The number of pyridine rings is 1. The van der Waals surface area contributed by atoms with Gasteiger partial charge in [-0.05, 0) is 19.1 Å². The van der Waals surface area contributed by atoms with Gasteiger partial charge in [0.2, 0.25) is 5.91 Å². The molecule has 0 saturated carbocycles. The van der Waals surface area contributed by atoms with E-state index in [1.54, 1.807) is 6.92 Å². The second-order valence-electron chi connectivity index (χ2n) is 3.70. The Morgan fingerprint density at radius 2 is 2.44 bits per heavy atom. The predicted molar refractivity (Wildman–Crippen MR) is 60.7 cm³/mol. The van der Waals surface area contributed by atoms with Gasteiger partial charge in [0, 0.05) is 12.4 Å². The third-order valence-electron chi connectivity index (χ3n) is 2.27. The lowest BCUT2D eigenvalue weighted by molar-refractivity contribution is -0.122. The maximum atomic E-state index is 11.3. The molecule has 2 heterocycles. The van der Waals surface area contributed by atoms with E-state index in [2.05, 4.69) is 10.3 Å². The summed E-state index contributed by atoms with van der Waals surface area (Å²) in [5.74, 6) is -0.169. The van der Waals surface area contributed by atoms with Crippen LogP contribution >= 0.6 is 0 Å². The molecule has 3 N–H and O–H groups in total. The van der Waals surface area contributed by atoms with Crippen molar-refractivity contribution in [2.45, 2.75) is 19.5 Å². The van der Waals surface area contributed by atoms with Gasteiger partial charge in [-0.3, -0.25) is 4.79 Å². The zero-order valence-corrected chi connectivity index (χ0v) is 9.05. The van der Waals surface area contributed by atoms with E-state index in [4.69, 9.17) is 5.73 Å². The largest absolute Gasteiger partial charge is 0.349 e. The fraction of sp³-hybridized carbons (Fsp3) is 0.273. The van der Waals surface area contributed by atoms with Gasteiger partial charge in [0.15, 0.2) is 0 Å². The molecule has 0 fully saturated rings. The molecule has 5 heteroatoms. The topological polar surface area (TPSA) is 72.4 Å². The average Bonchev–Trinajstić information content (AvgIpc) is 2.68. The van der Waals surface area contributed by atoms with E-state index in [1.807, 2.05) is 35.0 Å². The van der Waals surface area contributed by atoms with Crippen LogP contribution < -0.4 is 11.1 Å². The van der Waals surface area contributed by atoms with Crippen molar-refractivity contribution in [3.05, 3.63) is 36.3 Å². The Balaban J connectivity index is 2.07. The number of imidazole rings is 1. The van der Waals surface area contributed by atoms with Crippen molar-refractivity contribution in [3.63, 3.8) is 0 Å². The van der Waals surface area contributed by atoms with Crippen LogP contribution in [0.4, 0.5) is 0 Å². The lowest BCUT2D eigenvalue weighted by atomic mass is 10.3. The van der Waals surface area contributed by atoms with Crippen LogP contribution in [0.5, 0.6) is 0 Å². The van der Waals surface area contributed by atoms with Crippen LogP contribution in [0.3, 0.4) is 0 Å². The van der Waals surface area contributed by atoms with E-state index in [0.29, 0.717) is 6.54 Å². The fourth-order valence-corrected chi connectivity index (χ4v) is 1.41. The minimum atomic E-state index is -0.489. The van der Waals surface area contributed by atoms with E-state index in [1.165, 1.54) is 0 Å². The standard InChI is InChI=1S/C11H14N4O/c1-8(12)11(16)13-6-9-7-15-5-3-2-4-10(15)14-9/h2-5,7-8H,6,12H2,1H3,(H,13,16)/t8-/m0/s1. The van der Waals surface area contributed by atoms with E-state index < -0.39 is 6.04 Å². The number of amides is 1. The Morgan fingerprint density at radius 3 is 3.12 bits per heavy atom. The molecule has 1 amide bonds. The van der Waals surface area contributed by atoms with Crippen molar-refractivity contribution in [2.24, 2.45) is 5.73 Å². The number of hydrogen-bond acceptors (Lipinski definition) is 3. The summed E-state index contributed by atoms with van der Waals surface area (Å²) in [6, 6.07) is 5.28. The lowest BCUT2D eigenvalue weighted by Gasteiger charge is -2.04. The molecular formula is C11H14N4O. The summed E-state index contributed by atoms with van der Waals surface area (Å²) in [5.41, 5.74) is 7.13. The molecule has 84 valence electrons. The second-order valence-corrected chi connectivity index (χ2v) is 3.70. The second kappa shape index (κ2) is 4.32. The molecule has 5 nitrogen and oxygen atoms in total. The molecule has 0 radical (unpaired) electrons. The summed E-state index contributed by atoms with van der Waals surface area (Å²) in [6.45, 7) is 2.06. The molecule has 0 aliphatic heterocycles. The number of nitrogens with two attached hydrogens (primary N) is 1. The summed E-state index contributed by atoms with van der Waals surface area (Å²) in [7, 11) is 0. The molecule has 0 aromatic carbocycles. The first-order valence-corrected chi connectivity index (χ1v) is 5.13. The highest BCUT2D eigenvalue weighted by atomic mass is 16.2. The minimum Gasteiger partial charge on any atom is -0.349 e. The summed E-state index contributed by atoms with van der Waals surface area (Å²) >= 11 is 0. The van der Waals surface area contributed by atoms with E-state index in [9.17, 15) is 4.79 Å². The number of nitrogens with zero attached hydrogens (tertiary/aromatic N) is 2. The Hall–Kier alpha value is -1.88. The average molecular weight is 218 g/mol. The van der Waals surface area contributed by atoms with E-state index in [0.717, 1.165) is 11.3 Å². The van der Waals surface area contributed by atoms with Crippen LogP contribution in [0.25, 0.3) is 5.65 Å². The summed E-state index contributed by atoms with van der Waals surface area (Å²) in [5, 5.41) is 2.72. The van der Waals surface area contributed by atoms with Crippen LogP contribution in [0, 0.1) is 0 Å². The van der Waals surface area contributed by atoms with Gasteiger partial charge < -0.3 is 15.5 Å². The summed E-state index contributed by atoms with van der Waals surface area (Å²) in [4.78, 5) is 15.6. The van der Waals surface area contributed by atoms with Gasteiger partial charge in [-0.2, -0.15) is 0 Å². The third kappa shape index (κ3) is 2.20. The highest BCUT2D eigenvalue weighted by molar-refractivity contribution is 5.80. The van der Waals surface area contributed by atoms with Crippen LogP contribution in [0.15, 0.2) is 30.6 Å². The molecule has 2 rings (SSSR count). The number of hydrogen-bond donors (Lipinski definition) is 2. The molecule has 0 spiro atoms. The van der Waals surface area contributed by atoms with Crippen molar-refractivity contribution in [1.82, 2.24) is 14.7 Å². The zero-order chi connectivity index (χ0) is 11.5. The molecule has 2 aromatic heterocycles. The van der Waals surface area contributed by atoms with Gasteiger partial charge in [-0.25, -0.2) is 4.98 Å². The highest BCUT2D eigenvalue weighted by Gasteiger charge is 2.07. The normalized spacial score (nSPS) is 12.6. The number of carbonyl (C=O) groups is 1. The Morgan fingerprint density at radius 1 is 1.62 bits per heavy atom. The first-order valence-electron chi connectivity index (χ1n) is 5.13. The van der Waals surface area contributed by atoms with Crippen molar-refractivity contribution in [1.29, 1.82) is 0 Å². The molecule has 2 aromatic rings. The number of aromatic nitrogens is 2. The molecule has 1 atom stereocenters. The van der Waals surface area contributed by atoms with E-state index in [-0.39, 0.29) is 5.91 Å². The molecule has 0 bridgehead atoms. The van der Waals surface area contributed by atoms with Crippen molar-refractivity contribution in [2.75, 3.05) is 0 Å². The summed E-state index contributed by atoms with van der Waals surface area (Å²) < 4.78 is 1.91. The summed E-state index contributed by atoms with van der Waals surface area (Å²) in [6.07, 6.45) is 3.80. The number of fused-ring (bicyclic) bond motifs is 1. The number of nitrogens with one attached hydrogen (secondary N) is 1. The first kappa shape index (κ1) is 10.6. The Bertz CT molecular complexity index is 470. The molecule has 0 aliphatic carbocycles. The zero-order valence-electron chi connectivity index (χ0n) is 9.05. The number of rotatable bonds is 3. The number of carbonyl (C=O) groups excluding carboxylic acids is 1. The lowest BCUT2D eigenvalue weighted by Crippen LogP contribution is -2.37. The van der Waals surface area contributed by atoms with Gasteiger partial charge in [-0.15, -0.1) is 0 Å². The fourth-order valence-electron chi connectivity index (χ4n) is 1.41. The minimum absolute atomic E-state index is 0.169. The van der Waals surface area contributed by atoms with Gasteiger partial charge in [0.25, 0.3) is 0 Å². The van der Waals surface area contributed by atoms with Gasteiger partial charge in [0.1, 0.15) is 5.65 Å². The van der Waals surface area contributed by atoms with Gasteiger partial charge in [-0.1, -0.05) is 6.07 Å². The van der Waals surface area contributed by atoms with Crippen LogP contribution in [0.1, 0.15) is 12.6 Å². The first-order chi connectivity index (χ1) is 7.66. The van der Waals surface area contributed by atoms with Crippen molar-refractivity contribution < 1.29 is 4.79 Å². The Kier molecular flexibility index (Phi) is 2.87.